The highest BCUT2D eigenvalue weighted by Gasteiger charge is 2.17. The Bertz CT molecular complexity index is 661. The fourth-order valence-corrected chi connectivity index (χ4v) is 2.45. The summed E-state index contributed by atoms with van der Waals surface area (Å²) in [6.45, 7) is 4.37. The summed E-state index contributed by atoms with van der Waals surface area (Å²) in [5.74, 6) is 2.08. The van der Waals surface area contributed by atoms with E-state index in [1.807, 2.05) is 30.3 Å². The van der Waals surface area contributed by atoms with Crippen LogP contribution in [-0.2, 0) is 0 Å². The zero-order valence-electron chi connectivity index (χ0n) is 13.2. The molecule has 2 rings (SSSR count). The van der Waals surface area contributed by atoms with E-state index in [-0.39, 0.29) is 6.04 Å². The largest absolute Gasteiger partial charge is 0.496 e. The van der Waals surface area contributed by atoms with Gasteiger partial charge in [0.1, 0.15) is 23.3 Å². The second-order valence-corrected chi connectivity index (χ2v) is 5.59. The molecule has 0 bridgehead atoms. The molecule has 0 amide bonds. The lowest BCUT2D eigenvalue weighted by Gasteiger charge is -2.23. The van der Waals surface area contributed by atoms with Gasteiger partial charge in [0.15, 0.2) is 0 Å². The third-order valence-corrected chi connectivity index (χ3v) is 3.41. The van der Waals surface area contributed by atoms with Crippen molar-refractivity contribution in [1.82, 2.24) is 4.98 Å². The first-order valence-corrected chi connectivity index (χ1v) is 7.40. The maximum atomic E-state index is 8.98. The minimum absolute atomic E-state index is 0.0811. The van der Waals surface area contributed by atoms with Gasteiger partial charge in [0, 0.05) is 5.56 Å². The smallest absolute Gasteiger partial charge is 0.142 e. The van der Waals surface area contributed by atoms with Crippen molar-refractivity contribution >= 4 is 5.82 Å². The number of pyridine rings is 1. The van der Waals surface area contributed by atoms with Crippen LogP contribution >= 0.6 is 0 Å². The number of ether oxygens (including phenoxy) is 1. The van der Waals surface area contributed by atoms with Gasteiger partial charge in [-0.05, 0) is 30.5 Å². The summed E-state index contributed by atoms with van der Waals surface area (Å²) in [7, 11) is 1.68. The Morgan fingerprint density at radius 3 is 2.64 bits per heavy atom. The van der Waals surface area contributed by atoms with E-state index in [4.69, 9.17) is 10.00 Å². The molecule has 0 saturated carbocycles. The second kappa shape index (κ2) is 7.46. The summed E-state index contributed by atoms with van der Waals surface area (Å²) in [4.78, 5) is 4.31. The molecule has 0 fully saturated rings. The summed E-state index contributed by atoms with van der Waals surface area (Å²) in [5.41, 5.74) is 1.51. The Labute approximate surface area is 131 Å². The number of hydrogen-bond acceptors (Lipinski definition) is 4. The number of anilines is 1. The van der Waals surface area contributed by atoms with Crippen LogP contribution in [0.1, 0.15) is 37.6 Å². The quantitative estimate of drug-likeness (QED) is 0.869. The van der Waals surface area contributed by atoms with Crippen molar-refractivity contribution < 1.29 is 4.74 Å². The first-order valence-electron chi connectivity index (χ1n) is 7.40. The molecule has 0 aliphatic rings. The van der Waals surface area contributed by atoms with Gasteiger partial charge in [0.05, 0.1) is 13.2 Å². The van der Waals surface area contributed by atoms with Gasteiger partial charge in [-0.3, -0.25) is 0 Å². The maximum Gasteiger partial charge on any atom is 0.142 e. The molecule has 1 aromatic heterocycles. The molecule has 1 unspecified atom stereocenters. The lowest BCUT2D eigenvalue weighted by atomic mass is 9.96. The van der Waals surface area contributed by atoms with E-state index < -0.39 is 0 Å². The van der Waals surface area contributed by atoms with Gasteiger partial charge in [-0.2, -0.15) is 5.26 Å². The number of nitriles is 1. The number of nitrogens with zero attached hydrogens (tertiary/aromatic N) is 2. The zero-order valence-corrected chi connectivity index (χ0v) is 13.2. The summed E-state index contributed by atoms with van der Waals surface area (Å²) >= 11 is 0. The third-order valence-electron chi connectivity index (χ3n) is 3.41. The number of rotatable bonds is 6. The number of nitrogens with one attached hydrogen (secondary N) is 1. The lowest BCUT2D eigenvalue weighted by Crippen LogP contribution is -2.15. The van der Waals surface area contributed by atoms with E-state index in [0.29, 0.717) is 17.4 Å². The zero-order chi connectivity index (χ0) is 15.9. The van der Waals surface area contributed by atoms with Crippen molar-refractivity contribution in [3.05, 3.63) is 53.7 Å². The van der Waals surface area contributed by atoms with Gasteiger partial charge in [0.2, 0.25) is 0 Å². The molecule has 1 N–H and O–H groups in total. The molecule has 4 heteroatoms. The summed E-state index contributed by atoms with van der Waals surface area (Å²) in [6, 6.07) is 15.6. The fourth-order valence-electron chi connectivity index (χ4n) is 2.45. The number of methoxy groups -OCH3 is 1. The molecule has 22 heavy (non-hydrogen) atoms. The molecule has 0 radical (unpaired) electrons. The van der Waals surface area contributed by atoms with Crippen molar-refractivity contribution in [2.75, 3.05) is 12.4 Å². The van der Waals surface area contributed by atoms with Gasteiger partial charge in [-0.15, -0.1) is 0 Å². The predicted molar refractivity (Wildman–Crippen MR) is 87.8 cm³/mol. The monoisotopic (exact) mass is 295 g/mol. The molecule has 0 aliphatic heterocycles. The average Bonchev–Trinajstić information content (AvgIpc) is 2.54. The number of hydrogen-bond donors (Lipinski definition) is 1. The first-order chi connectivity index (χ1) is 10.6. The highest BCUT2D eigenvalue weighted by atomic mass is 16.5. The van der Waals surface area contributed by atoms with Crippen molar-refractivity contribution in [3.63, 3.8) is 0 Å². The van der Waals surface area contributed by atoms with E-state index in [2.05, 4.69) is 36.3 Å². The van der Waals surface area contributed by atoms with E-state index in [0.717, 1.165) is 17.7 Å². The molecule has 114 valence electrons. The molecule has 4 nitrogen and oxygen atoms in total. The first kappa shape index (κ1) is 15.8. The molecule has 1 atom stereocenters. The number of benzene rings is 1. The van der Waals surface area contributed by atoms with Crippen LogP contribution in [0.15, 0.2) is 42.5 Å². The summed E-state index contributed by atoms with van der Waals surface area (Å²) in [6.07, 6.45) is 0.943. The van der Waals surface area contributed by atoms with Crippen molar-refractivity contribution in [2.45, 2.75) is 26.3 Å². The van der Waals surface area contributed by atoms with Crippen molar-refractivity contribution in [1.29, 1.82) is 5.26 Å². The molecular weight excluding hydrogens is 274 g/mol. The highest BCUT2D eigenvalue weighted by Crippen LogP contribution is 2.31. The molecule has 2 aromatic rings. The Hall–Kier alpha value is -2.54. The molecule has 0 saturated heterocycles. The van der Waals surface area contributed by atoms with Crippen LogP contribution in [0.5, 0.6) is 5.75 Å². The molecular formula is C18H21N3O. The standard InChI is InChI=1S/C18H21N3O/c1-13(2)11-16(15-8-4-5-9-17(15)22-3)21-18-10-6-7-14(12-19)20-18/h4-10,13,16H,11H2,1-3H3,(H,20,21). The van der Waals surface area contributed by atoms with Crippen LogP contribution in [0.2, 0.25) is 0 Å². The predicted octanol–water partition coefficient (Wildman–Crippen LogP) is 4.16. The van der Waals surface area contributed by atoms with Crippen molar-refractivity contribution in [2.24, 2.45) is 5.92 Å². The maximum absolute atomic E-state index is 8.98. The Morgan fingerprint density at radius 1 is 1.18 bits per heavy atom. The molecule has 1 aromatic carbocycles. The minimum atomic E-state index is 0.0811. The van der Waals surface area contributed by atoms with Crippen LogP contribution in [0.3, 0.4) is 0 Å². The Kier molecular flexibility index (Phi) is 5.37. The van der Waals surface area contributed by atoms with Gasteiger partial charge in [-0.25, -0.2) is 4.98 Å². The fraction of sp³-hybridized carbons (Fsp3) is 0.333. The van der Waals surface area contributed by atoms with Crippen LogP contribution in [-0.4, -0.2) is 12.1 Å². The van der Waals surface area contributed by atoms with Gasteiger partial charge in [0.25, 0.3) is 0 Å². The number of para-hydroxylation sites is 1. The van der Waals surface area contributed by atoms with E-state index in [9.17, 15) is 0 Å². The topological polar surface area (TPSA) is 57.9 Å². The average molecular weight is 295 g/mol. The van der Waals surface area contributed by atoms with E-state index in [1.165, 1.54) is 0 Å². The van der Waals surface area contributed by atoms with E-state index in [1.54, 1.807) is 13.2 Å². The minimum Gasteiger partial charge on any atom is -0.496 e. The summed E-state index contributed by atoms with van der Waals surface area (Å²) < 4.78 is 5.48. The molecule has 1 heterocycles. The van der Waals surface area contributed by atoms with Crippen LogP contribution < -0.4 is 10.1 Å². The van der Waals surface area contributed by atoms with Gasteiger partial charge in [-0.1, -0.05) is 38.1 Å². The molecule has 0 spiro atoms. The SMILES string of the molecule is COc1ccccc1C(CC(C)C)Nc1cccc(C#N)n1. The van der Waals surface area contributed by atoms with E-state index >= 15 is 0 Å². The normalized spacial score (nSPS) is 11.8. The van der Waals surface area contributed by atoms with Crippen molar-refractivity contribution in [3.8, 4) is 11.8 Å². The van der Waals surface area contributed by atoms with Crippen LogP contribution in [0.4, 0.5) is 5.82 Å². The number of aromatic nitrogens is 1. The van der Waals surface area contributed by atoms with Crippen LogP contribution in [0.25, 0.3) is 0 Å². The van der Waals surface area contributed by atoms with Crippen LogP contribution in [0, 0.1) is 17.2 Å². The van der Waals surface area contributed by atoms with Gasteiger partial charge < -0.3 is 10.1 Å². The third kappa shape index (κ3) is 3.98. The van der Waals surface area contributed by atoms with Gasteiger partial charge >= 0.3 is 0 Å². The summed E-state index contributed by atoms with van der Waals surface area (Å²) in [5, 5.41) is 12.4. The Morgan fingerprint density at radius 2 is 1.95 bits per heavy atom. The molecule has 0 aliphatic carbocycles. The second-order valence-electron chi connectivity index (χ2n) is 5.59. The highest BCUT2D eigenvalue weighted by molar-refractivity contribution is 5.44. The lowest BCUT2D eigenvalue weighted by molar-refractivity contribution is 0.402. The Balaban J connectivity index is 2.32.